The molecule has 0 aliphatic carbocycles. The van der Waals surface area contributed by atoms with Gasteiger partial charge in [-0.05, 0) is 36.7 Å². The van der Waals surface area contributed by atoms with Gasteiger partial charge in [0.2, 0.25) is 0 Å². The molecule has 0 spiro atoms. The minimum atomic E-state index is -3.20. The number of halogens is 1. The molecule has 0 fully saturated rings. The Morgan fingerprint density at radius 2 is 1.82 bits per heavy atom. The van der Waals surface area contributed by atoms with Crippen LogP contribution in [0.4, 0.5) is 0 Å². The Morgan fingerprint density at radius 1 is 1.24 bits per heavy atom. The van der Waals surface area contributed by atoms with Crippen LogP contribution in [0.3, 0.4) is 0 Å². The fourth-order valence-corrected chi connectivity index (χ4v) is 2.68. The zero-order valence-electron chi connectivity index (χ0n) is 10.1. The summed E-state index contributed by atoms with van der Waals surface area (Å²) < 4.78 is 23.8. The van der Waals surface area contributed by atoms with Crippen molar-refractivity contribution in [1.29, 1.82) is 0 Å². The summed E-state index contributed by atoms with van der Waals surface area (Å²) in [4.78, 5) is 0.327. The van der Waals surface area contributed by atoms with Crippen LogP contribution in [0.15, 0.2) is 29.2 Å². The molecule has 0 heterocycles. The Kier molecular flexibility index (Phi) is 5.43. The molecule has 0 radical (unpaired) electrons. The van der Waals surface area contributed by atoms with Crippen LogP contribution in [0, 0.1) is 5.92 Å². The number of hydrogen-bond acceptors (Lipinski definition) is 3. The maximum atomic E-state index is 11.9. The first kappa shape index (κ1) is 14.5. The molecule has 0 atom stereocenters. The molecular formula is C12H18ClNO2S. The third-order valence-electron chi connectivity index (χ3n) is 2.27. The van der Waals surface area contributed by atoms with Crippen molar-refractivity contribution < 1.29 is 8.42 Å². The van der Waals surface area contributed by atoms with E-state index in [9.17, 15) is 8.42 Å². The molecule has 1 N–H and O–H groups in total. The van der Waals surface area contributed by atoms with Gasteiger partial charge in [-0.3, -0.25) is 0 Å². The summed E-state index contributed by atoms with van der Waals surface area (Å²) in [5.41, 5.74) is 0. The van der Waals surface area contributed by atoms with Gasteiger partial charge in [-0.25, -0.2) is 8.42 Å². The van der Waals surface area contributed by atoms with Crippen LogP contribution < -0.4 is 5.32 Å². The van der Waals surface area contributed by atoms with Crippen LogP contribution in [0.1, 0.15) is 13.8 Å². The quantitative estimate of drug-likeness (QED) is 0.811. The average molecular weight is 276 g/mol. The minimum Gasteiger partial charge on any atom is -0.315 e. The molecule has 96 valence electrons. The standard InChI is InChI=1S/C12H18ClNO2S/c1-10(2)9-14-7-8-17(15,16)12-5-3-11(13)4-6-12/h3-6,10,14H,7-9H2,1-2H3. The molecule has 0 bridgehead atoms. The zero-order chi connectivity index (χ0) is 12.9. The molecule has 0 aliphatic rings. The van der Waals surface area contributed by atoms with Gasteiger partial charge in [0.25, 0.3) is 0 Å². The smallest absolute Gasteiger partial charge is 0.179 e. The molecule has 1 aromatic carbocycles. The normalized spacial score (nSPS) is 12.0. The van der Waals surface area contributed by atoms with E-state index < -0.39 is 9.84 Å². The summed E-state index contributed by atoms with van der Waals surface area (Å²) in [5.74, 6) is 0.634. The maximum absolute atomic E-state index is 11.9. The van der Waals surface area contributed by atoms with Crippen LogP contribution in [-0.2, 0) is 9.84 Å². The van der Waals surface area contributed by atoms with E-state index in [-0.39, 0.29) is 5.75 Å². The molecule has 0 unspecified atom stereocenters. The monoisotopic (exact) mass is 275 g/mol. The third-order valence-corrected chi connectivity index (χ3v) is 4.26. The number of benzene rings is 1. The van der Waals surface area contributed by atoms with Crippen LogP contribution >= 0.6 is 11.6 Å². The molecule has 0 saturated heterocycles. The van der Waals surface area contributed by atoms with Crippen molar-refractivity contribution >= 4 is 21.4 Å². The molecule has 0 aliphatic heterocycles. The van der Waals surface area contributed by atoms with E-state index in [4.69, 9.17) is 11.6 Å². The van der Waals surface area contributed by atoms with Crippen LogP contribution in [-0.4, -0.2) is 27.3 Å². The first-order chi connectivity index (χ1) is 7.92. The predicted octanol–water partition coefficient (Wildman–Crippen LogP) is 2.36. The molecular weight excluding hydrogens is 258 g/mol. The molecule has 0 saturated carbocycles. The number of rotatable bonds is 6. The predicted molar refractivity (Wildman–Crippen MR) is 71.2 cm³/mol. The SMILES string of the molecule is CC(C)CNCCS(=O)(=O)c1ccc(Cl)cc1. The highest BCUT2D eigenvalue weighted by molar-refractivity contribution is 7.91. The average Bonchev–Trinajstić information content (AvgIpc) is 2.25. The van der Waals surface area contributed by atoms with Gasteiger partial charge in [0, 0.05) is 11.6 Å². The topological polar surface area (TPSA) is 46.2 Å². The summed E-state index contributed by atoms with van der Waals surface area (Å²) in [6.07, 6.45) is 0. The maximum Gasteiger partial charge on any atom is 0.179 e. The van der Waals surface area contributed by atoms with Crippen LogP contribution in [0.2, 0.25) is 5.02 Å². The highest BCUT2D eigenvalue weighted by Gasteiger charge is 2.13. The fraction of sp³-hybridized carbons (Fsp3) is 0.500. The molecule has 17 heavy (non-hydrogen) atoms. The van der Waals surface area contributed by atoms with Gasteiger partial charge < -0.3 is 5.32 Å². The number of hydrogen-bond donors (Lipinski definition) is 1. The van der Waals surface area contributed by atoms with Crippen LogP contribution in [0.25, 0.3) is 0 Å². The fourth-order valence-electron chi connectivity index (χ4n) is 1.36. The lowest BCUT2D eigenvalue weighted by Crippen LogP contribution is -2.26. The highest BCUT2D eigenvalue weighted by Crippen LogP contribution is 2.14. The summed E-state index contributed by atoms with van der Waals surface area (Å²) in [6.45, 7) is 5.47. The van der Waals surface area contributed by atoms with E-state index in [1.54, 1.807) is 24.3 Å². The van der Waals surface area contributed by atoms with Gasteiger partial charge >= 0.3 is 0 Å². The largest absolute Gasteiger partial charge is 0.315 e. The Morgan fingerprint density at radius 3 is 2.35 bits per heavy atom. The van der Waals surface area contributed by atoms with Gasteiger partial charge in [0.05, 0.1) is 10.6 Å². The second-order valence-electron chi connectivity index (χ2n) is 4.37. The molecule has 5 heteroatoms. The van der Waals surface area contributed by atoms with Gasteiger partial charge in [-0.15, -0.1) is 0 Å². The Balaban J connectivity index is 2.54. The number of nitrogens with one attached hydrogen (secondary N) is 1. The third kappa shape index (κ3) is 5.06. The summed E-state index contributed by atoms with van der Waals surface area (Å²) in [7, 11) is -3.20. The van der Waals surface area contributed by atoms with Gasteiger partial charge in [-0.1, -0.05) is 25.4 Å². The second kappa shape index (κ2) is 6.38. The van der Waals surface area contributed by atoms with Crippen molar-refractivity contribution in [2.24, 2.45) is 5.92 Å². The summed E-state index contributed by atoms with van der Waals surface area (Å²) in [6, 6.07) is 6.27. The van der Waals surface area contributed by atoms with Gasteiger partial charge in [0.1, 0.15) is 0 Å². The Hall–Kier alpha value is -0.580. The first-order valence-corrected chi connectivity index (χ1v) is 7.64. The highest BCUT2D eigenvalue weighted by atomic mass is 35.5. The molecule has 3 nitrogen and oxygen atoms in total. The summed E-state index contributed by atoms with van der Waals surface area (Å²) >= 11 is 5.72. The van der Waals surface area contributed by atoms with E-state index >= 15 is 0 Å². The lowest BCUT2D eigenvalue weighted by atomic mass is 10.2. The van der Waals surface area contributed by atoms with Gasteiger partial charge in [-0.2, -0.15) is 0 Å². The second-order valence-corrected chi connectivity index (χ2v) is 6.92. The zero-order valence-corrected chi connectivity index (χ0v) is 11.7. The van der Waals surface area contributed by atoms with Crippen molar-refractivity contribution in [3.05, 3.63) is 29.3 Å². The Labute approximate surface area is 108 Å². The van der Waals surface area contributed by atoms with E-state index in [0.29, 0.717) is 22.4 Å². The van der Waals surface area contributed by atoms with E-state index in [1.807, 2.05) is 0 Å². The van der Waals surface area contributed by atoms with Crippen molar-refractivity contribution in [3.8, 4) is 0 Å². The minimum absolute atomic E-state index is 0.112. The lowest BCUT2D eigenvalue weighted by Gasteiger charge is -2.08. The molecule has 0 amide bonds. The van der Waals surface area contributed by atoms with Crippen molar-refractivity contribution in [1.82, 2.24) is 5.32 Å². The first-order valence-electron chi connectivity index (χ1n) is 5.61. The van der Waals surface area contributed by atoms with Crippen molar-refractivity contribution in [3.63, 3.8) is 0 Å². The molecule has 1 aromatic rings. The van der Waals surface area contributed by atoms with Crippen molar-refractivity contribution in [2.75, 3.05) is 18.8 Å². The number of sulfone groups is 1. The van der Waals surface area contributed by atoms with Crippen LogP contribution in [0.5, 0.6) is 0 Å². The Bertz CT molecular complexity index is 440. The molecule has 0 aromatic heterocycles. The van der Waals surface area contributed by atoms with E-state index in [1.165, 1.54) is 0 Å². The van der Waals surface area contributed by atoms with E-state index in [2.05, 4.69) is 19.2 Å². The van der Waals surface area contributed by atoms with E-state index in [0.717, 1.165) is 6.54 Å². The molecule has 1 rings (SSSR count). The van der Waals surface area contributed by atoms with Gasteiger partial charge in [0.15, 0.2) is 9.84 Å². The summed E-state index contributed by atoms with van der Waals surface area (Å²) in [5, 5.41) is 3.66. The lowest BCUT2D eigenvalue weighted by molar-refractivity contribution is 0.557. The van der Waals surface area contributed by atoms with Crippen molar-refractivity contribution in [2.45, 2.75) is 18.7 Å².